The van der Waals surface area contributed by atoms with E-state index in [4.69, 9.17) is 10.3 Å². The lowest BCUT2D eigenvalue weighted by atomic mass is 10.0. The monoisotopic (exact) mass is 197 g/mol. The summed E-state index contributed by atoms with van der Waals surface area (Å²) in [5.41, 5.74) is 5.91. The molecule has 0 radical (unpaired) electrons. The van der Waals surface area contributed by atoms with Gasteiger partial charge in [-0.05, 0) is 6.42 Å². The van der Waals surface area contributed by atoms with Gasteiger partial charge in [-0.3, -0.25) is 0 Å². The highest BCUT2D eigenvalue weighted by molar-refractivity contribution is 4.98. The van der Waals surface area contributed by atoms with Crippen molar-refractivity contribution >= 4 is 0 Å². The van der Waals surface area contributed by atoms with E-state index < -0.39 is 0 Å². The maximum absolute atomic E-state index is 5.91. The molecule has 1 rings (SSSR count). The SMILES string of the molecule is CCC(N)C(C)c1nc(C(C)C)no1. The Bertz CT molecular complexity index is 283. The molecule has 0 aliphatic carbocycles. The summed E-state index contributed by atoms with van der Waals surface area (Å²) < 4.78 is 5.17. The molecule has 2 unspecified atom stereocenters. The van der Waals surface area contributed by atoms with E-state index in [2.05, 4.69) is 17.1 Å². The van der Waals surface area contributed by atoms with Gasteiger partial charge in [-0.15, -0.1) is 0 Å². The van der Waals surface area contributed by atoms with E-state index >= 15 is 0 Å². The van der Waals surface area contributed by atoms with Crippen molar-refractivity contribution in [1.82, 2.24) is 10.1 Å². The van der Waals surface area contributed by atoms with Gasteiger partial charge in [-0.25, -0.2) is 0 Å². The average molecular weight is 197 g/mol. The van der Waals surface area contributed by atoms with Crippen LogP contribution in [-0.2, 0) is 0 Å². The van der Waals surface area contributed by atoms with E-state index in [-0.39, 0.29) is 12.0 Å². The Labute approximate surface area is 84.9 Å². The Hall–Kier alpha value is -0.900. The maximum atomic E-state index is 5.91. The summed E-state index contributed by atoms with van der Waals surface area (Å²) in [4.78, 5) is 4.32. The predicted molar refractivity (Wildman–Crippen MR) is 55.1 cm³/mol. The van der Waals surface area contributed by atoms with Gasteiger partial charge in [0, 0.05) is 12.0 Å². The van der Waals surface area contributed by atoms with Gasteiger partial charge in [-0.2, -0.15) is 4.98 Å². The third-order valence-corrected chi connectivity index (χ3v) is 2.48. The lowest BCUT2D eigenvalue weighted by Crippen LogP contribution is -2.25. The van der Waals surface area contributed by atoms with Crippen molar-refractivity contribution in [3.63, 3.8) is 0 Å². The van der Waals surface area contributed by atoms with Crippen LogP contribution < -0.4 is 5.73 Å². The fourth-order valence-corrected chi connectivity index (χ4v) is 1.20. The van der Waals surface area contributed by atoms with E-state index in [9.17, 15) is 0 Å². The predicted octanol–water partition coefficient (Wildman–Crippen LogP) is 2.03. The van der Waals surface area contributed by atoms with Crippen molar-refractivity contribution in [3.8, 4) is 0 Å². The quantitative estimate of drug-likeness (QED) is 0.802. The van der Waals surface area contributed by atoms with Gasteiger partial charge in [0.1, 0.15) is 0 Å². The number of rotatable bonds is 4. The van der Waals surface area contributed by atoms with Crippen molar-refractivity contribution in [2.24, 2.45) is 5.73 Å². The Morgan fingerprint density at radius 2 is 2.00 bits per heavy atom. The summed E-state index contributed by atoms with van der Waals surface area (Å²) in [6.07, 6.45) is 0.917. The van der Waals surface area contributed by atoms with E-state index in [0.29, 0.717) is 11.8 Å². The molecule has 0 spiro atoms. The van der Waals surface area contributed by atoms with Gasteiger partial charge >= 0.3 is 0 Å². The molecule has 0 fully saturated rings. The minimum Gasteiger partial charge on any atom is -0.339 e. The molecule has 0 bridgehead atoms. The molecule has 0 amide bonds. The summed E-state index contributed by atoms with van der Waals surface area (Å²) in [5, 5.41) is 3.91. The lowest BCUT2D eigenvalue weighted by Gasteiger charge is -2.13. The molecule has 4 heteroatoms. The molecule has 0 saturated heterocycles. The molecule has 80 valence electrons. The standard InChI is InChI=1S/C10H19N3O/c1-5-8(11)7(4)10-12-9(6(2)3)13-14-10/h6-8H,5,11H2,1-4H3. The topological polar surface area (TPSA) is 64.9 Å². The van der Waals surface area contributed by atoms with Crippen LogP contribution in [0.1, 0.15) is 57.7 Å². The normalized spacial score (nSPS) is 15.9. The van der Waals surface area contributed by atoms with E-state index in [1.165, 1.54) is 0 Å². The van der Waals surface area contributed by atoms with Crippen LogP contribution in [0.2, 0.25) is 0 Å². The van der Waals surface area contributed by atoms with Gasteiger partial charge in [0.25, 0.3) is 0 Å². The van der Waals surface area contributed by atoms with Crippen LogP contribution >= 0.6 is 0 Å². The van der Waals surface area contributed by atoms with Crippen molar-refractivity contribution in [2.45, 2.75) is 52.0 Å². The second kappa shape index (κ2) is 4.55. The summed E-state index contributed by atoms with van der Waals surface area (Å²) in [6, 6.07) is 0.0930. The molecule has 14 heavy (non-hydrogen) atoms. The number of aromatic nitrogens is 2. The van der Waals surface area contributed by atoms with Crippen molar-refractivity contribution in [3.05, 3.63) is 11.7 Å². The van der Waals surface area contributed by atoms with Crippen LogP contribution in [0.15, 0.2) is 4.52 Å². The molecule has 0 aliphatic rings. The molecule has 0 aliphatic heterocycles. The molecular weight excluding hydrogens is 178 g/mol. The van der Waals surface area contributed by atoms with Crippen LogP contribution in [0.5, 0.6) is 0 Å². The number of hydrogen-bond acceptors (Lipinski definition) is 4. The van der Waals surface area contributed by atoms with Crippen molar-refractivity contribution < 1.29 is 4.52 Å². The molecule has 2 atom stereocenters. The van der Waals surface area contributed by atoms with Gasteiger partial charge in [-0.1, -0.05) is 32.9 Å². The molecular formula is C10H19N3O. The summed E-state index contributed by atoms with van der Waals surface area (Å²) in [5.74, 6) is 1.86. The fourth-order valence-electron chi connectivity index (χ4n) is 1.20. The van der Waals surface area contributed by atoms with Gasteiger partial charge in [0.15, 0.2) is 5.82 Å². The minimum atomic E-state index is 0.0930. The van der Waals surface area contributed by atoms with Gasteiger partial charge < -0.3 is 10.3 Å². The third kappa shape index (κ3) is 2.32. The van der Waals surface area contributed by atoms with Gasteiger partial charge in [0.05, 0.1) is 5.92 Å². The molecule has 4 nitrogen and oxygen atoms in total. The second-order valence-corrected chi connectivity index (χ2v) is 4.01. The zero-order valence-corrected chi connectivity index (χ0v) is 9.32. The first-order valence-electron chi connectivity index (χ1n) is 5.15. The maximum Gasteiger partial charge on any atom is 0.231 e. The molecule has 1 aromatic rings. The minimum absolute atomic E-state index is 0.0930. The highest BCUT2D eigenvalue weighted by Gasteiger charge is 2.20. The van der Waals surface area contributed by atoms with E-state index in [1.54, 1.807) is 0 Å². The summed E-state index contributed by atoms with van der Waals surface area (Å²) in [7, 11) is 0. The lowest BCUT2D eigenvalue weighted by molar-refractivity contribution is 0.335. The van der Waals surface area contributed by atoms with Crippen molar-refractivity contribution in [1.29, 1.82) is 0 Å². The Balaban J connectivity index is 2.76. The Kier molecular flexibility index (Phi) is 3.63. The Morgan fingerprint density at radius 3 is 2.43 bits per heavy atom. The smallest absolute Gasteiger partial charge is 0.231 e. The van der Waals surface area contributed by atoms with Crippen molar-refractivity contribution in [2.75, 3.05) is 0 Å². The molecule has 1 heterocycles. The number of nitrogens with two attached hydrogens (primary N) is 1. The Morgan fingerprint density at radius 1 is 1.36 bits per heavy atom. The van der Waals surface area contributed by atoms with Crippen LogP contribution in [0.25, 0.3) is 0 Å². The van der Waals surface area contributed by atoms with Crippen LogP contribution in [0.4, 0.5) is 0 Å². The first kappa shape index (κ1) is 11.2. The average Bonchev–Trinajstić information content (AvgIpc) is 2.64. The summed E-state index contributed by atoms with van der Waals surface area (Å²) >= 11 is 0. The molecule has 0 aromatic carbocycles. The highest BCUT2D eigenvalue weighted by atomic mass is 16.5. The van der Waals surface area contributed by atoms with Crippen LogP contribution in [0, 0.1) is 0 Å². The largest absolute Gasteiger partial charge is 0.339 e. The number of hydrogen-bond donors (Lipinski definition) is 1. The zero-order chi connectivity index (χ0) is 10.7. The molecule has 1 aromatic heterocycles. The van der Waals surface area contributed by atoms with Crippen LogP contribution in [0.3, 0.4) is 0 Å². The first-order valence-corrected chi connectivity index (χ1v) is 5.15. The van der Waals surface area contributed by atoms with E-state index in [1.807, 2.05) is 20.8 Å². The van der Waals surface area contributed by atoms with E-state index in [0.717, 1.165) is 12.2 Å². The fraction of sp³-hybridized carbons (Fsp3) is 0.800. The van der Waals surface area contributed by atoms with Gasteiger partial charge in [0.2, 0.25) is 5.89 Å². The highest BCUT2D eigenvalue weighted by Crippen LogP contribution is 2.19. The zero-order valence-electron chi connectivity index (χ0n) is 9.32. The third-order valence-electron chi connectivity index (χ3n) is 2.48. The molecule has 2 N–H and O–H groups in total. The molecule has 0 saturated carbocycles. The number of nitrogens with zero attached hydrogens (tertiary/aromatic N) is 2. The van der Waals surface area contributed by atoms with Crippen LogP contribution in [-0.4, -0.2) is 16.2 Å². The second-order valence-electron chi connectivity index (χ2n) is 4.01. The first-order chi connectivity index (χ1) is 6.56. The summed E-state index contributed by atoms with van der Waals surface area (Å²) in [6.45, 7) is 8.16.